The van der Waals surface area contributed by atoms with E-state index in [9.17, 15) is 0 Å². The Labute approximate surface area is 118 Å². The fourth-order valence-electron chi connectivity index (χ4n) is 2.34. The van der Waals surface area contributed by atoms with Crippen molar-refractivity contribution in [2.75, 3.05) is 0 Å². The molecular formula is C14H18ClNOS. The molecule has 0 unspecified atom stereocenters. The Morgan fingerprint density at radius 1 is 1.22 bits per heavy atom. The van der Waals surface area contributed by atoms with Crippen molar-refractivity contribution in [2.45, 2.75) is 44.6 Å². The van der Waals surface area contributed by atoms with E-state index in [2.05, 4.69) is 0 Å². The molecule has 0 saturated heterocycles. The van der Waals surface area contributed by atoms with Crippen LogP contribution < -0.4 is 10.5 Å². The van der Waals surface area contributed by atoms with Crippen molar-refractivity contribution >= 4 is 28.8 Å². The first-order valence-electron chi connectivity index (χ1n) is 6.43. The number of rotatable bonds is 3. The lowest BCUT2D eigenvalue weighted by atomic mass is 10.1. The van der Waals surface area contributed by atoms with Gasteiger partial charge in [0.05, 0.1) is 11.7 Å². The van der Waals surface area contributed by atoms with Gasteiger partial charge in [0.25, 0.3) is 0 Å². The molecule has 1 aliphatic rings. The third kappa shape index (κ3) is 3.59. The molecule has 0 aliphatic heterocycles. The van der Waals surface area contributed by atoms with Crippen LogP contribution in [0, 0.1) is 0 Å². The molecule has 1 aromatic carbocycles. The molecule has 18 heavy (non-hydrogen) atoms. The minimum Gasteiger partial charge on any atom is -0.490 e. The summed E-state index contributed by atoms with van der Waals surface area (Å²) in [7, 11) is 0. The fourth-order valence-corrected chi connectivity index (χ4v) is 2.67. The summed E-state index contributed by atoms with van der Waals surface area (Å²) in [5.41, 5.74) is 6.49. The first kappa shape index (κ1) is 13.6. The number of halogens is 1. The fraction of sp³-hybridized carbons (Fsp3) is 0.500. The normalized spacial score (nSPS) is 17.2. The molecule has 0 bridgehead atoms. The van der Waals surface area contributed by atoms with Crippen LogP contribution in [-0.2, 0) is 0 Å². The molecule has 1 fully saturated rings. The number of nitrogens with two attached hydrogens (primary N) is 1. The van der Waals surface area contributed by atoms with Crippen molar-refractivity contribution in [2.24, 2.45) is 5.73 Å². The monoisotopic (exact) mass is 283 g/mol. The quantitative estimate of drug-likeness (QED) is 0.671. The third-order valence-corrected chi connectivity index (χ3v) is 3.76. The highest BCUT2D eigenvalue weighted by Crippen LogP contribution is 2.28. The molecule has 4 heteroatoms. The van der Waals surface area contributed by atoms with E-state index < -0.39 is 0 Å². The minimum absolute atomic E-state index is 0.263. The molecular weight excluding hydrogens is 266 g/mol. The second-order valence-electron chi connectivity index (χ2n) is 4.74. The summed E-state index contributed by atoms with van der Waals surface area (Å²) in [6, 6.07) is 5.42. The summed E-state index contributed by atoms with van der Waals surface area (Å²) in [5, 5.41) is 0.652. The zero-order valence-corrected chi connectivity index (χ0v) is 11.9. The first-order valence-corrected chi connectivity index (χ1v) is 7.21. The molecule has 2 nitrogen and oxygen atoms in total. The molecule has 1 aromatic rings. The molecule has 0 amide bonds. The van der Waals surface area contributed by atoms with E-state index in [1.807, 2.05) is 6.07 Å². The average molecular weight is 284 g/mol. The Bertz CT molecular complexity index is 428. The number of thiocarbonyl (C=S) groups is 1. The van der Waals surface area contributed by atoms with Crippen LogP contribution in [-0.4, -0.2) is 11.1 Å². The number of hydrogen-bond donors (Lipinski definition) is 1. The predicted molar refractivity (Wildman–Crippen MR) is 79.5 cm³/mol. The maximum Gasteiger partial charge on any atom is 0.131 e. The third-order valence-electron chi connectivity index (χ3n) is 3.30. The number of ether oxygens (including phenoxy) is 1. The van der Waals surface area contributed by atoms with E-state index >= 15 is 0 Å². The standard InChI is InChI=1S/C14H18ClNOS/c15-10-7-8-12(14(16)18)13(9-10)17-11-5-3-1-2-4-6-11/h7-9,11H,1-6H2,(H2,16,18). The molecule has 98 valence electrons. The Kier molecular flexibility index (Phi) is 4.84. The minimum atomic E-state index is 0.263. The van der Waals surface area contributed by atoms with Crippen LogP contribution in [0.1, 0.15) is 44.1 Å². The summed E-state index contributed by atoms with van der Waals surface area (Å²) < 4.78 is 6.06. The van der Waals surface area contributed by atoms with Crippen molar-refractivity contribution < 1.29 is 4.74 Å². The van der Waals surface area contributed by atoms with E-state index in [1.165, 1.54) is 25.7 Å². The summed E-state index contributed by atoms with van der Waals surface area (Å²) in [4.78, 5) is 0.357. The zero-order chi connectivity index (χ0) is 13.0. The lowest BCUT2D eigenvalue weighted by Crippen LogP contribution is -2.18. The molecule has 0 atom stereocenters. The van der Waals surface area contributed by atoms with Gasteiger partial charge in [0.2, 0.25) is 0 Å². The smallest absolute Gasteiger partial charge is 0.131 e. The molecule has 0 radical (unpaired) electrons. The summed E-state index contributed by atoms with van der Waals surface area (Å²) in [6.45, 7) is 0. The zero-order valence-electron chi connectivity index (χ0n) is 10.3. The lowest BCUT2D eigenvalue weighted by Gasteiger charge is -2.19. The van der Waals surface area contributed by atoms with E-state index in [-0.39, 0.29) is 6.10 Å². The highest BCUT2D eigenvalue weighted by Gasteiger charge is 2.16. The van der Waals surface area contributed by atoms with E-state index in [1.54, 1.807) is 12.1 Å². The average Bonchev–Trinajstić information content (AvgIpc) is 2.57. The van der Waals surface area contributed by atoms with E-state index in [0.717, 1.165) is 24.2 Å². The maximum absolute atomic E-state index is 6.06. The molecule has 2 N–H and O–H groups in total. The van der Waals surface area contributed by atoms with Crippen LogP contribution in [0.25, 0.3) is 0 Å². The molecule has 0 spiro atoms. The Morgan fingerprint density at radius 3 is 2.50 bits per heavy atom. The molecule has 1 aliphatic carbocycles. The van der Waals surface area contributed by atoms with Crippen LogP contribution in [0.5, 0.6) is 5.75 Å². The van der Waals surface area contributed by atoms with E-state index in [4.69, 9.17) is 34.3 Å². The Hall–Kier alpha value is -0.800. The molecule has 1 saturated carbocycles. The van der Waals surface area contributed by atoms with Gasteiger partial charge in [-0.25, -0.2) is 0 Å². The lowest BCUT2D eigenvalue weighted by molar-refractivity contribution is 0.183. The van der Waals surface area contributed by atoms with Crippen LogP contribution in [0.4, 0.5) is 0 Å². The van der Waals surface area contributed by atoms with Gasteiger partial charge in [-0.1, -0.05) is 36.7 Å². The highest BCUT2D eigenvalue weighted by atomic mass is 35.5. The highest BCUT2D eigenvalue weighted by molar-refractivity contribution is 7.80. The SMILES string of the molecule is NC(=S)c1ccc(Cl)cc1OC1CCCCCC1. The van der Waals surface area contributed by atoms with Gasteiger partial charge in [-0.15, -0.1) is 0 Å². The van der Waals surface area contributed by atoms with Gasteiger partial charge in [0, 0.05) is 5.02 Å². The van der Waals surface area contributed by atoms with Crippen LogP contribution in [0.2, 0.25) is 5.02 Å². The second-order valence-corrected chi connectivity index (χ2v) is 5.61. The molecule has 2 rings (SSSR count). The van der Waals surface area contributed by atoms with Crippen molar-refractivity contribution in [3.63, 3.8) is 0 Å². The van der Waals surface area contributed by atoms with Crippen LogP contribution >= 0.6 is 23.8 Å². The Balaban J connectivity index is 2.15. The predicted octanol–water partition coefficient (Wildman–Crippen LogP) is 4.08. The Morgan fingerprint density at radius 2 is 1.89 bits per heavy atom. The van der Waals surface area contributed by atoms with Gasteiger partial charge in [0.15, 0.2) is 0 Å². The topological polar surface area (TPSA) is 35.2 Å². The maximum atomic E-state index is 6.06. The van der Waals surface area contributed by atoms with Crippen molar-refractivity contribution in [1.82, 2.24) is 0 Å². The number of benzene rings is 1. The van der Waals surface area contributed by atoms with Gasteiger partial charge in [0.1, 0.15) is 10.7 Å². The summed E-state index contributed by atoms with van der Waals surface area (Å²) in [5.74, 6) is 0.724. The van der Waals surface area contributed by atoms with E-state index in [0.29, 0.717) is 10.0 Å². The van der Waals surface area contributed by atoms with Gasteiger partial charge >= 0.3 is 0 Å². The summed E-state index contributed by atoms with van der Waals surface area (Å²) in [6.07, 6.45) is 7.53. The molecule has 0 aromatic heterocycles. The number of hydrogen-bond acceptors (Lipinski definition) is 2. The van der Waals surface area contributed by atoms with Gasteiger partial charge < -0.3 is 10.5 Å². The first-order chi connectivity index (χ1) is 8.66. The van der Waals surface area contributed by atoms with Crippen molar-refractivity contribution in [3.05, 3.63) is 28.8 Å². The summed E-state index contributed by atoms with van der Waals surface area (Å²) >= 11 is 11.0. The largest absolute Gasteiger partial charge is 0.490 e. The van der Waals surface area contributed by atoms with Gasteiger partial charge in [-0.05, 0) is 43.9 Å². The molecule has 0 heterocycles. The van der Waals surface area contributed by atoms with Gasteiger partial charge in [-0.2, -0.15) is 0 Å². The van der Waals surface area contributed by atoms with Crippen LogP contribution in [0.15, 0.2) is 18.2 Å². The second kappa shape index (κ2) is 6.39. The van der Waals surface area contributed by atoms with Crippen LogP contribution in [0.3, 0.4) is 0 Å². The van der Waals surface area contributed by atoms with Gasteiger partial charge in [-0.3, -0.25) is 0 Å². The van der Waals surface area contributed by atoms with Crippen molar-refractivity contribution in [3.8, 4) is 5.75 Å². The van der Waals surface area contributed by atoms with Crippen molar-refractivity contribution in [1.29, 1.82) is 0 Å².